The Bertz CT molecular complexity index is 636. The number of hydrogen-bond acceptors (Lipinski definition) is 2. The molecule has 2 aromatic carbocycles. The van der Waals surface area contributed by atoms with Crippen LogP contribution in [0.2, 0.25) is 0 Å². The molecular weight excluding hydrogens is 284 g/mol. The van der Waals surface area contributed by atoms with Crippen molar-refractivity contribution >= 4 is 11.6 Å². The van der Waals surface area contributed by atoms with E-state index < -0.39 is 0 Å². The molecule has 1 fully saturated rings. The van der Waals surface area contributed by atoms with E-state index >= 15 is 0 Å². The van der Waals surface area contributed by atoms with Crippen LogP contribution >= 0.6 is 0 Å². The summed E-state index contributed by atoms with van der Waals surface area (Å²) in [6, 6.07) is 18.9. The Morgan fingerprint density at radius 2 is 1.74 bits per heavy atom. The lowest BCUT2D eigenvalue weighted by Gasteiger charge is -2.33. The number of carbonyl (C=O) groups excluding carboxylic acids is 1. The molecule has 120 valence electrons. The fraction of sp³-hybridized carbons (Fsp3) is 0.350. The monoisotopic (exact) mass is 308 g/mol. The molecule has 0 radical (unpaired) electrons. The van der Waals surface area contributed by atoms with Crippen LogP contribution in [0.3, 0.4) is 0 Å². The summed E-state index contributed by atoms with van der Waals surface area (Å²) in [5, 5.41) is 3.25. The second kappa shape index (κ2) is 7.32. The number of piperidine rings is 1. The highest BCUT2D eigenvalue weighted by molar-refractivity contribution is 5.81. The van der Waals surface area contributed by atoms with Gasteiger partial charge >= 0.3 is 0 Å². The molecule has 0 aromatic heterocycles. The molecule has 3 rings (SSSR count). The van der Waals surface area contributed by atoms with Gasteiger partial charge in [0.05, 0.1) is 6.54 Å². The lowest BCUT2D eigenvalue weighted by molar-refractivity contribution is -0.132. The van der Waals surface area contributed by atoms with Gasteiger partial charge in [-0.25, -0.2) is 0 Å². The minimum Gasteiger partial charge on any atom is -0.376 e. The van der Waals surface area contributed by atoms with Crippen LogP contribution in [0.1, 0.15) is 26.2 Å². The van der Waals surface area contributed by atoms with Gasteiger partial charge in [0.15, 0.2) is 0 Å². The van der Waals surface area contributed by atoms with Crippen molar-refractivity contribution in [3.8, 4) is 11.1 Å². The second-order valence-corrected chi connectivity index (χ2v) is 6.23. The maximum Gasteiger partial charge on any atom is 0.242 e. The van der Waals surface area contributed by atoms with Gasteiger partial charge in [-0.15, -0.1) is 0 Å². The highest BCUT2D eigenvalue weighted by atomic mass is 16.2. The first-order valence-electron chi connectivity index (χ1n) is 8.43. The number of amides is 1. The summed E-state index contributed by atoms with van der Waals surface area (Å²) in [5.74, 6) is 0.198. The van der Waals surface area contributed by atoms with E-state index in [1.165, 1.54) is 17.5 Å². The average Bonchev–Trinajstić information content (AvgIpc) is 2.61. The summed E-state index contributed by atoms with van der Waals surface area (Å²) >= 11 is 0. The van der Waals surface area contributed by atoms with Gasteiger partial charge < -0.3 is 10.2 Å². The zero-order chi connectivity index (χ0) is 16.1. The Kier molecular flexibility index (Phi) is 4.96. The highest BCUT2D eigenvalue weighted by Gasteiger charge is 2.22. The number of anilines is 1. The van der Waals surface area contributed by atoms with Crippen molar-refractivity contribution in [2.75, 3.05) is 18.4 Å². The Hall–Kier alpha value is -2.29. The molecule has 0 bridgehead atoms. The van der Waals surface area contributed by atoms with Crippen molar-refractivity contribution in [3.63, 3.8) is 0 Å². The van der Waals surface area contributed by atoms with E-state index in [1.807, 2.05) is 35.2 Å². The van der Waals surface area contributed by atoms with Gasteiger partial charge in [0.1, 0.15) is 0 Å². The number of likely N-dealkylation sites (tertiary alicyclic amines) is 1. The molecule has 1 heterocycles. The smallest absolute Gasteiger partial charge is 0.242 e. The summed E-state index contributed by atoms with van der Waals surface area (Å²) in [4.78, 5) is 14.3. The molecule has 0 spiro atoms. The fourth-order valence-electron chi connectivity index (χ4n) is 3.16. The van der Waals surface area contributed by atoms with Gasteiger partial charge in [-0.2, -0.15) is 0 Å². The van der Waals surface area contributed by atoms with Gasteiger partial charge in [0.2, 0.25) is 5.91 Å². The summed E-state index contributed by atoms with van der Waals surface area (Å²) in [6.07, 6.45) is 3.48. The molecule has 1 aliphatic rings. The largest absolute Gasteiger partial charge is 0.376 e. The number of nitrogens with one attached hydrogen (secondary N) is 1. The van der Waals surface area contributed by atoms with E-state index in [9.17, 15) is 4.79 Å². The van der Waals surface area contributed by atoms with E-state index in [-0.39, 0.29) is 5.91 Å². The maximum atomic E-state index is 12.3. The summed E-state index contributed by atoms with van der Waals surface area (Å²) in [5.41, 5.74) is 3.38. The zero-order valence-corrected chi connectivity index (χ0v) is 13.7. The Balaban J connectivity index is 1.57. The first-order valence-corrected chi connectivity index (χ1v) is 8.43. The second-order valence-electron chi connectivity index (χ2n) is 6.23. The molecule has 1 atom stereocenters. The average molecular weight is 308 g/mol. The normalized spacial score (nSPS) is 17.8. The topological polar surface area (TPSA) is 32.3 Å². The lowest BCUT2D eigenvalue weighted by atomic mass is 10.0. The molecule has 1 aliphatic heterocycles. The Morgan fingerprint density at radius 1 is 1.04 bits per heavy atom. The van der Waals surface area contributed by atoms with E-state index in [2.05, 4.69) is 36.5 Å². The maximum absolute atomic E-state index is 12.3. The number of nitrogens with zero attached hydrogens (tertiary/aromatic N) is 1. The predicted octanol–water partition coefficient (Wildman–Crippen LogP) is 4.17. The highest BCUT2D eigenvalue weighted by Crippen LogP contribution is 2.21. The standard InChI is InChI=1S/C20H24N2O/c1-16-7-5-6-14-22(16)20(23)15-21-19-12-10-18(11-13-19)17-8-3-2-4-9-17/h2-4,8-13,16,21H,5-7,14-15H2,1H3. The molecule has 1 N–H and O–H groups in total. The first-order chi connectivity index (χ1) is 11.2. The van der Waals surface area contributed by atoms with Gasteiger partial charge in [0.25, 0.3) is 0 Å². The van der Waals surface area contributed by atoms with Crippen molar-refractivity contribution in [1.82, 2.24) is 4.90 Å². The molecule has 1 saturated heterocycles. The summed E-state index contributed by atoms with van der Waals surface area (Å²) in [6.45, 7) is 3.41. The molecule has 3 nitrogen and oxygen atoms in total. The third kappa shape index (κ3) is 3.92. The van der Waals surface area contributed by atoms with Gasteiger partial charge in [0, 0.05) is 18.3 Å². The van der Waals surface area contributed by atoms with Crippen molar-refractivity contribution in [2.24, 2.45) is 0 Å². The number of hydrogen-bond donors (Lipinski definition) is 1. The minimum absolute atomic E-state index is 0.198. The van der Waals surface area contributed by atoms with E-state index in [1.54, 1.807) is 0 Å². The number of rotatable bonds is 4. The molecule has 1 unspecified atom stereocenters. The molecule has 0 aliphatic carbocycles. The molecule has 1 amide bonds. The Labute approximate surface area is 138 Å². The van der Waals surface area contributed by atoms with Crippen LogP contribution in [0.15, 0.2) is 54.6 Å². The lowest BCUT2D eigenvalue weighted by Crippen LogP contribution is -2.44. The van der Waals surface area contributed by atoms with Crippen molar-refractivity contribution in [1.29, 1.82) is 0 Å². The van der Waals surface area contributed by atoms with Crippen LogP contribution in [-0.2, 0) is 4.79 Å². The Morgan fingerprint density at radius 3 is 2.43 bits per heavy atom. The van der Waals surface area contributed by atoms with Gasteiger partial charge in [-0.3, -0.25) is 4.79 Å². The predicted molar refractivity (Wildman–Crippen MR) is 95.4 cm³/mol. The van der Waals surface area contributed by atoms with Crippen molar-refractivity contribution < 1.29 is 4.79 Å². The molecular formula is C20H24N2O. The number of carbonyl (C=O) groups is 1. The minimum atomic E-state index is 0.198. The van der Waals surface area contributed by atoms with Crippen LogP contribution in [0.5, 0.6) is 0 Å². The van der Waals surface area contributed by atoms with E-state index in [4.69, 9.17) is 0 Å². The summed E-state index contributed by atoms with van der Waals surface area (Å²) in [7, 11) is 0. The third-order valence-corrected chi connectivity index (χ3v) is 4.56. The van der Waals surface area contributed by atoms with Gasteiger partial charge in [-0.1, -0.05) is 42.5 Å². The van der Waals surface area contributed by atoms with Crippen LogP contribution in [0.25, 0.3) is 11.1 Å². The first kappa shape index (κ1) is 15.6. The van der Waals surface area contributed by atoms with Crippen LogP contribution < -0.4 is 5.32 Å². The van der Waals surface area contributed by atoms with Crippen LogP contribution in [0.4, 0.5) is 5.69 Å². The third-order valence-electron chi connectivity index (χ3n) is 4.56. The summed E-state index contributed by atoms with van der Waals surface area (Å²) < 4.78 is 0. The molecule has 23 heavy (non-hydrogen) atoms. The van der Waals surface area contributed by atoms with Crippen LogP contribution in [-0.4, -0.2) is 29.9 Å². The van der Waals surface area contributed by atoms with E-state index in [0.29, 0.717) is 12.6 Å². The zero-order valence-electron chi connectivity index (χ0n) is 13.7. The SMILES string of the molecule is CC1CCCCN1C(=O)CNc1ccc(-c2ccccc2)cc1. The van der Waals surface area contributed by atoms with Crippen molar-refractivity contribution in [2.45, 2.75) is 32.2 Å². The van der Waals surface area contributed by atoms with Crippen LogP contribution in [0, 0.1) is 0 Å². The molecule has 3 heteroatoms. The quantitative estimate of drug-likeness (QED) is 0.919. The van der Waals surface area contributed by atoms with E-state index in [0.717, 1.165) is 25.1 Å². The fourth-order valence-corrected chi connectivity index (χ4v) is 3.16. The van der Waals surface area contributed by atoms with Gasteiger partial charge in [-0.05, 0) is 49.4 Å². The van der Waals surface area contributed by atoms with Crippen molar-refractivity contribution in [3.05, 3.63) is 54.6 Å². The molecule has 0 saturated carbocycles. The number of benzene rings is 2. The molecule has 2 aromatic rings.